The normalized spacial score (nSPS) is 10.2. The average molecular weight is 191 g/mol. The first-order chi connectivity index (χ1) is 6.40. The van der Waals surface area contributed by atoms with Crippen LogP contribution >= 0.6 is 11.3 Å². The molecule has 2 heterocycles. The summed E-state index contributed by atoms with van der Waals surface area (Å²) in [6.07, 6.45) is 3.61. The fourth-order valence-corrected chi connectivity index (χ4v) is 1.71. The smallest absolute Gasteiger partial charge is 0.223 e. The zero-order valence-electron chi connectivity index (χ0n) is 7.03. The van der Waals surface area contributed by atoms with Gasteiger partial charge in [-0.1, -0.05) is 6.08 Å². The van der Waals surface area contributed by atoms with Crippen molar-refractivity contribution in [3.05, 3.63) is 30.3 Å². The molecule has 0 aliphatic carbocycles. The topological polar surface area (TPSA) is 37.8 Å². The summed E-state index contributed by atoms with van der Waals surface area (Å²) in [7, 11) is 0. The van der Waals surface area contributed by atoms with Crippen LogP contribution in [0.4, 0.5) is 5.95 Å². The van der Waals surface area contributed by atoms with Gasteiger partial charge in [-0.2, -0.15) is 0 Å². The Bertz CT molecular complexity index is 421. The van der Waals surface area contributed by atoms with Gasteiger partial charge in [0.25, 0.3) is 0 Å². The van der Waals surface area contributed by atoms with Crippen LogP contribution in [0.3, 0.4) is 0 Å². The quantitative estimate of drug-likeness (QED) is 0.756. The second-order valence-electron chi connectivity index (χ2n) is 2.53. The minimum absolute atomic E-state index is 0.658. The van der Waals surface area contributed by atoms with Crippen molar-refractivity contribution in [2.75, 3.05) is 11.9 Å². The Kier molecular flexibility index (Phi) is 2.23. The zero-order chi connectivity index (χ0) is 9.10. The number of aromatic nitrogens is 2. The molecule has 0 radical (unpaired) electrons. The number of hydrogen-bond acceptors (Lipinski definition) is 4. The highest BCUT2D eigenvalue weighted by molar-refractivity contribution is 7.17. The van der Waals surface area contributed by atoms with Crippen LogP contribution in [0, 0.1) is 0 Å². The molecule has 4 heteroatoms. The van der Waals surface area contributed by atoms with Gasteiger partial charge in [0.1, 0.15) is 0 Å². The highest BCUT2D eigenvalue weighted by Crippen LogP contribution is 2.18. The Labute approximate surface area is 80.1 Å². The Morgan fingerprint density at radius 3 is 3.38 bits per heavy atom. The lowest BCUT2D eigenvalue weighted by atomic mass is 10.5. The zero-order valence-corrected chi connectivity index (χ0v) is 7.84. The molecular weight excluding hydrogens is 182 g/mol. The van der Waals surface area contributed by atoms with Gasteiger partial charge in [-0.05, 0) is 11.4 Å². The Balaban J connectivity index is 2.31. The summed E-state index contributed by atoms with van der Waals surface area (Å²) in [5.41, 5.74) is 0.992. The molecule has 0 aliphatic heterocycles. The Morgan fingerprint density at radius 1 is 1.62 bits per heavy atom. The highest BCUT2D eigenvalue weighted by Gasteiger charge is 1.98. The van der Waals surface area contributed by atoms with E-state index < -0.39 is 0 Å². The van der Waals surface area contributed by atoms with Gasteiger partial charge < -0.3 is 5.32 Å². The molecule has 0 unspecified atom stereocenters. The molecular formula is C9H9N3S. The molecule has 0 saturated heterocycles. The second kappa shape index (κ2) is 3.53. The van der Waals surface area contributed by atoms with Crippen molar-refractivity contribution < 1.29 is 0 Å². The van der Waals surface area contributed by atoms with Gasteiger partial charge in [0.15, 0.2) is 0 Å². The lowest BCUT2D eigenvalue weighted by Crippen LogP contribution is -2.01. The van der Waals surface area contributed by atoms with E-state index in [-0.39, 0.29) is 0 Å². The first kappa shape index (κ1) is 8.19. The number of fused-ring (bicyclic) bond motifs is 1. The van der Waals surface area contributed by atoms with Gasteiger partial charge in [-0.3, -0.25) is 0 Å². The van der Waals surface area contributed by atoms with Crippen LogP contribution in [0.15, 0.2) is 30.3 Å². The maximum atomic E-state index is 4.31. The molecule has 0 spiro atoms. The van der Waals surface area contributed by atoms with Crippen LogP contribution < -0.4 is 5.32 Å². The van der Waals surface area contributed by atoms with Crippen molar-refractivity contribution in [1.82, 2.24) is 9.97 Å². The van der Waals surface area contributed by atoms with E-state index in [0.29, 0.717) is 12.5 Å². The molecule has 0 atom stereocenters. The van der Waals surface area contributed by atoms with Crippen molar-refractivity contribution in [3.63, 3.8) is 0 Å². The molecule has 0 aliphatic rings. The Morgan fingerprint density at radius 2 is 2.54 bits per heavy atom. The largest absolute Gasteiger partial charge is 0.351 e. The number of nitrogens with one attached hydrogen (secondary N) is 1. The minimum Gasteiger partial charge on any atom is -0.351 e. The number of anilines is 1. The Hall–Kier alpha value is -1.42. The highest BCUT2D eigenvalue weighted by atomic mass is 32.1. The molecule has 0 aromatic carbocycles. The summed E-state index contributed by atoms with van der Waals surface area (Å²) in [6, 6.07) is 1.99. The number of hydrogen-bond donors (Lipinski definition) is 1. The molecule has 1 N–H and O–H groups in total. The standard InChI is InChI=1S/C9H9N3S/c1-2-4-10-9-11-6-8-7(12-9)3-5-13-8/h2-3,5-6H,1,4H2,(H,10,11,12). The van der Waals surface area contributed by atoms with Crippen molar-refractivity contribution in [2.45, 2.75) is 0 Å². The fourth-order valence-electron chi connectivity index (χ4n) is 1.01. The second-order valence-corrected chi connectivity index (χ2v) is 3.48. The summed E-state index contributed by atoms with van der Waals surface area (Å²) in [6.45, 7) is 4.30. The van der Waals surface area contributed by atoms with Gasteiger partial charge in [-0.15, -0.1) is 17.9 Å². The number of thiophene rings is 1. The maximum absolute atomic E-state index is 4.31. The van der Waals surface area contributed by atoms with Crippen molar-refractivity contribution >= 4 is 27.5 Å². The lowest BCUT2D eigenvalue weighted by Gasteiger charge is -1.99. The number of rotatable bonds is 3. The monoisotopic (exact) mass is 191 g/mol. The molecule has 2 aromatic heterocycles. The predicted molar refractivity (Wildman–Crippen MR) is 56.1 cm³/mol. The summed E-state index contributed by atoms with van der Waals surface area (Å²) >= 11 is 1.65. The summed E-state index contributed by atoms with van der Waals surface area (Å²) in [5, 5.41) is 5.05. The van der Waals surface area contributed by atoms with Crippen LogP contribution in [0.2, 0.25) is 0 Å². The van der Waals surface area contributed by atoms with Crippen molar-refractivity contribution in [2.24, 2.45) is 0 Å². The van der Waals surface area contributed by atoms with Crippen LogP contribution in [0.25, 0.3) is 10.2 Å². The van der Waals surface area contributed by atoms with Gasteiger partial charge >= 0.3 is 0 Å². The molecule has 0 amide bonds. The van der Waals surface area contributed by atoms with Crippen molar-refractivity contribution in [1.29, 1.82) is 0 Å². The van der Waals surface area contributed by atoms with E-state index in [2.05, 4.69) is 21.9 Å². The molecule has 2 rings (SSSR count). The van der Waals surface area contributed by atoms with Crippen LogP contribution in [0.1, 0.15) is 0 Å². The average Bonchev–Trinajstić information content (AvgIpc) is 2.61. The molecule has 13 heavy (non-hydrogen) atoms. The van der Waals surface area contributed by atoms with E-state index in [1.807, 2.05) is 17.6 Å². The van der Waals surface area contributed by atoms with E-state index in [9.17, 15) is 0 Å². The van der Waals surface area contributed by atoms with E-state index in [1.165, 1.54) is 0 Å². The third-order valence-electron chi connectivity index (χ3n) is 1.61. The van der Waals surface area contributed by atoms with Gasteiger partial charge in [0.05, 0.1) is 16.4 Å². The van der Waals surface area contributed by atoms with E-state index >= 15 is 0 Å². The van der Waals surface area contributed by atoms with Gasteiger partial charge in [0.2, 0.25) is 5.95 Å². The molecule has 2 aromatic rings. The molecule has 66 valence electrons. The van der Waals surface area contributed by atoms with Crippen LogP contribution in [-0.4, -0.2) is 16.5 Å². The number of nitrogens with zero attached hydrogens (tertiary/aromatic N) is 2. The maximum Gasteiger partial charge on any atom is 0.223 e. The first-order valence-corrected chi connectivity index (χ1v) is 4.83. The molecule has 0 fully saturated rings. The van der Waals surface area contributed by atoms with E-state index in [4.69, 9.17) is 0 Å². The summed E-state index contributed by atoms with van der Waals surface area (Å²) in [4.78, 5) is 8.47. The van der Waals surface area contributed by atoms with Crippen LogP contribution in [0.5, 0.6) is 0 Å². The van der Waals surface area contributed by atoms with Crippen LogP contribution in [-0.2, 0) is 0 Å². The molecule has 0 bridgehead atoms. The first-order valence-electron chi connectivity index (χ1n) is 3.95. The third kappa shape index (κ3) is 1.67. The summed E-state index contributed by atoms with van der Waals surface area (Å²) < 4.78 is 1.11. The third-order valence-corrected chi connectivity index (χ3v) is 2.45. The van der Waals surface area contributed by atoms with Gasteiger partial charge in [-0.25, -0.2) is 9.97 Å². The predicted octanol–water partition coefficient (Wildman–Crippen LogP) is 2.29. The van der Waals surface area contributed by atoms with Crippen molar-refractivity contribution in [3.8, 4) is 0 Å². The lowest BCUT2D eigenvalue weighted by molar-refractivity contribution is 1.16. The van der Waals surface area contributed by atoms with Gasteiger partial charge in [0, 0.05) is 6.54 Å². The fraction of sp³-hybridized carbons (Fsp3) is 0.111. The van der Waals surface area contributed by atoms with E-state index in [1.54, 1.807) is 17.4 Å². The minimum atomic E-state index is 0.658. The molecule has 3 nitrogen and oxygen atoms in total. The SMILES string of the molecule is C=CCNc1ncc2sccc2n1. The molecule has 0 saturated carbocycles. The summed E-state index contributed by atoms with van der Waals surface area (Å²) in [5.74, 6) is 0.658. The van der Waals surface area contributed by atoms with E-state index in [0.717, 1.165) is 10.2 Å².